The van der Waals surface area contributed by atoms with E-state index in [4.69, 9.17) is 5.73 Å². The van der Waals surface area contributed by atoms with Gasteiger partial charge in [0.1, 0.15) is 12.1 Å². The van der Waals surface area contributed by atoms with Gasteiger partial charge in [0.05, 0.1) is 4.47 Å². The molecule has 2 N–H and O–H groups in total. The van der Waals surface area contributed by atoms with Crippen LogP contribution >= 0.6 is 15.9 Å². The molecule has 1 aliphatic heterocycles. The van der Waals surface area contributed by atoms with Crippen molar-refractivity contribution in [2.24, 2.45) is 5.73 Å². The van der Waals surface area contributed by atoms with Gasteiger partial charge in [-0.05, 0) is 15.9 Å². The van der Waals surface area contributed by atoms with Crippen molar-refractivity contribution in [2.45, 2.75) is 0 Å². The Bertz CT molecular complexity index is 338. The van der Waals surface area contributed by atoms with Crippen molar-refractivity contribution >= 4 is 21.7 Å². The Morgan fingerprint density at radius 3 is 2.69 bits per heavy atom. The van der Waals surface area contributed by atoms with Gasteiger partial charge in [0.15, 0.2) is 0 Å². The lowest BCUT2D eigenvalue weighted by molar-refractivity contribution is 0.264. The van der Waals surface area contributed by atoms with Gasteiger partial charge in [0, 0.05) is 45.5 Å². The molecular weight excluding hydrogens is 270 g/mol. The Kier molecular flexibility index (Phi) is 4.09. The number of nitrogens with two attached hydrogens (primary N) is 1. The highest BCUT2D eigenvalue weighted by Gasteiger charge is 2.18. The number of piperazine rings is 1. The summed E-state index contributed by atoms with van der Waals surface area (Å²) in [5, 5.41) is 0. The van der Waals surface area contributed by atoms with Crippen molar-refractivity contribution in [3.8, 4) is 0 Å². The van der Waals surface area contributed by atoms with E-state index in [1.807, 2.05) is 0 Å². The first-order valence-electron chi connectivity index (χ1n) is 5.44. The second-order valence-corrected chi connectivity index (χ2v) is 4.67. The summed E-state index contributed by atoms with van der Waals surface area (Å²) in [6, 6.07) is 0. The molecule has 1 fully saturated rings. The number of anilines is 1. The van der Waals surface area contributed by atoms with Crippen LogP contribution in [0.3, 0.4) is 0 Å². The lowest BCUT2D eigenvalue weighted by Gasteiger charge is -2.35. The second-order valence-electron chi connectivity index (χ2n) is 3.81. The highest BCUT2D eigenvalue weighted by atomic mass is 79.9. The fourth-order valence-electron chi connectivity index (χ4n) is 1.90. The summed E-state index contributed by atoms with van der Waals surface area (Å²) in [5.41, 5.74) is 5.55. The van der Waals surface area contributed by atoms with E-state index in [0.29, 0.717) is 0 Å². The summed E-state index contributed by atoms with van der Waals surface area (Å²) in [6.07, 6.45) is 3.38. The molecule has 2 rings (SSSR count). The topological polar surface area (TPSA) is 58.3 Å². The van der Waals surface area contributed by atoms with E-state index in [1.54, 1.807) is 12.5 Å². The van der Waals surface area contributed by atoms with E-state index in [9.17, 15) is 0 Å². The zero-order valence-corrected chi connectivity index (χ0v) is 10.7. The minimum absolute atomic E-state index is 0.733. The van der Waals surface area contributed by atoms with Gasteiger partial charge < -0.3 is 10.6 Å². The van der Waals surface area contributed by atoms with Gasteiger partial charge in [0.2, 0.25) is 0 Å². The number of aromatic nitrogens is 2. The number of rotatable bonds is 3. The first-order chi connectivity index (χ1) is 7.81. The molecule has 0 saturated carbocycles. The van der Waals surface area contributed by atoms with Crippen molar-refractivity contribution in [1.82, 2.24) is 14.9 Å². The zero-order valence-electron chi connectivity index (χ0n) is 9.14. The Labute approximate surface area is 104 Å². The monoisotopic (exact) mass is 285 g/mol. The quantitative estimate of drug-likeness (QED) is 0.867. The van der Waals surface area contributed by atoms with Crippen LogP contribution < -0.4 is 10.6 Å². The van der Waals surface area contributed by atoms with E-state index < -0.39 is 0 Å². The molecule has 0 aliphatic carbocycles. The van der Waals surface area contributed by atoms with E-state index in [1.165, 1.54) is 0 Å². The van der Waals surface area contributed by atoms with Gasteiger partial charge in [-0.3, -0.25) is 4.90 Å². The predicted molar refractivity (Wildman–Crippen MR) is 67.4 cm³/mol. The van der Waals surface area contributed by atoms with Gasteiger partial charge in [0.25, 0.3) is 0 Å². The summed E-state index contributed by atoms with van der Waals surface area (Å²) in [4.78, 5) is 12.9. The Hall–Kier alpha value is -0.720. The van der Waals surface area contributed by atoms with Crippen LogP contribution in [0.5, 0.6) is 0 Å². The molecular formula is C10H16BrN5. The molecule has 88 valence electrons. The average molecular weight is 286 g/mol. The van der Waals surface area contributed by atoms with Crippen molar-refractivity contribution in [3.05, 3.63) is 17.0 Å². The van der Waals surface area contributed by atoms with E-state index >= 15 is 0 Å². The van der Waals surface area contributed by atoms with E-state index in [-0.39, 0.29) is 0 Å². The lowest BCUT2D eigenvalue weighted by Crippen LogP contribution is -2.48. The zero-order chi connectivity index (χ0) is 11.4. The van der Waals surface area contributed by atoms with Gasteiger partial charge in [-0.1, -0.05) is 0 Å². The number of nitrogens with zero attached hydrogens (tertiary/aromatic N) is 4. The van der Waals surface area contributed by atoms with Gasteiger partial charge in [-0.25, -0.2) is 9.97 Å². The van der Waals surface area contributed by atoms with Crippen LogP contribution in [0, 0.1) is 0 Å². The normalized spacial score (nSPS) is 17.8. The molecule has 6 heteroatoms. The molecule has 2 heterocycles. The minimum atomic E-state index is 0.733. The molecule has 0 unspecified atom stereocenters. The molecule has 16 heavy (non-hydrogen) atoms. The molecule has 0 aromatic carbocycles. The third-order valence-electron chi connectivity index (χ3n) is 2.77. The molecule has 0 atom stereocenters. The summed E-state index contributed by atoms with van der Waals surface area (Å²) < 4.78 is 0.960. The molecule has 1 saturated heterocycles. The standard InChI is InChI=1S/C10H16BrN5/c11-9-7-13-8-14-10(9)16-5-3-15(2-1-12)4-6-16/h7-8H,1-6,12H2. The van der Waals surface area contributed by atoms with Crippen LogP contribution in [0.2, 0.25) is 0 Å². The second kappa shape index (κ2) is 5.56. The van der Waals surface area contributed by atoms with Gasteiger partial charge in [-0.15, -0.1) is 0 Å². The van der Waals surface area contributed by atoms with Gasteiger partial charge >= 0.3 is 0 Å². The summed E-state index contributed by atoms with van der Waals surface area (Å²) in [7, 11) is 0. The van der Waals surface area contributed by atoms with Crippen molar-refractivity contribution in [3.63, 3.8) is 0 Å². The van der Waals surface area contributed by atoms with Crippen LogP contribution in [-0.4, -0.2) is 54.1 Å². The van der Waals surface area contributed by atoms with Crippen molar-refractivity contribution in [2.75, 3.05) is 44.2 Å². The van der Waals surface area contributed by atoms with E-state index in [0.717, 1.165) is 49.6 Å². The van der Waals surface area contributed by atoms with Crippen molar-refractivity contribution < 1.29 is 0 Å². The largest absolute Gasteiger partial charge is 0.353 e. The maximum absolute atomic E-state index is 5.55. The fraction of sp³-hybridized carbons (Fsp3) is 0.600. The molecule has 0 amide bonds. The Balaban J connectivity index is 1.96. The highest BCUT2D eigenvalue weighted by molar-refractivity contribution is 9.10. The van der Waals surface area contributed by atoms with Crippen molar-refractivity contribution in [1.29, 1.82) is 0 Å². The van der Waals surface area contributed by atoms with Crippen LogP contribution in [0.15, 0.2) is 17.0 Å². The molecule has 0 spiro atoms. The van der Waals surface area contributed by atoms with E-state index in [2.05, 4.69) is 35.7 Å². The molecule has 1 aromatic rings. The summed E-state index contributed by atoms with van der Waals surface area (Å²) >= 11 is 3.48. The average Bonchev–Trinajstić information content (AvgIpc) is 2.31. The van der Waals surface area contributed by atoms with Crippen LogP contribution in [-0.2, 0) is 0 Å². The summed E-state index contributed by atoms with van der Waals surface area (Å²) in [5.74, 6) is 0.988. The molecule has 0 radical (unpaired) electrons. The molecule has 0 bridgehead atoms. The van der Waals surface area contributed by atoms with Crippen LogP contribution in [0.4, 0.5) is 5.82 Å². The summed E-state index contributed by atoms with van der Waals surface area (Å²) in [6.45, 7) is 5.81. The lowest BCUT2D eigenvalue weighted by atomic mass is 10.3. The first-order valence-corrected chi connectivity index (χ1v) is 6.23. The fourth-order valence-corrected chi connectivity index (χ4v) is 2.38. The first kappa shape index (κ1) is 11.8. The van der Waals surface area contributed by atoms with Gasteiger partial charge in [-0.2, -0.15) is 0 Å². The highest BCUT2D eigenvalue weighted by Crippen LogP contribution is 2.22. The Morgan fingerprint density at radius 1 is 1.31 bits per heavy atom. The predicted octanol–water partition coefficient (Wildman–Crippen LogP) is 0.320. The molecule has 5 nitrogen and oxygen atoms in total. The SMILES string of the molecule is NCCN1CCN(c2ncncc2Br)CC1. The van der Waals surface area contributed by atoms with Crippen LogP contribution in [0.1, 0.15) is 0 Å². The maximum Gasteiger partial charge on any atom is 0.146 e. The Morgan fingerprint density at radius 2 is 2.06 bits per heavy atom. The molecule has 1 aromatic heterocycles. The third kappa shape index (κ3) is 2.69. The number of hydrogen-bond acceptors (Lipinski definition) is 5. The number of halogens is 1. The number of hydrogen-bond donors (Lipinski definition) is 1. The molecule has 1 aliphatic rings. The smallest absolute Gasteiger partial charge is 0.146 e. The third-order valence-corrected chi connectivity index (χ3v) is 3.32. The maximum atomic E-state index is 5.55. The minimum Gasteiger partial charge on any atom is -0.353 e. The van der Waals surface area contributed by atoms with Crippen LogP contribution in [0.25, 0.3) is 0 Å².